The summed E-state index contributed by atoms with van der Waals surface area (Å²) in [6.07, 6.45) is 2.34. The van der Waals surface area contributed by atoms with Gasteiger partial charge in [0, 0.05) is 51.1 Å². The summed E-state index contributed by atoms with van der Waals surface area (Å²) in [6, 6.07) is 10.2. The molecule has 0 radical (unpaired) electrons. The number of aromatic nitrogens is 3. The molecule has 3 heterocycles. The predicted molar refractivity (Wildman–Crippen MR) is 121 cm³/mol. The maximum atomic E-state index is 13.5. The van der Waals surface area contributed by atoms with E-state index in [0.717, 1.165) is 57.6 Å². The monoisotopic (exact) mass is 442 g/mol. The lowest BCUT2D eigenvalue weighted by Gasteiger charge is -2.47. The fraction of sp³-hybridized carbons (Fsp3) is 0.391. The molecule has 2 fully saturated rings. The Hall–Kier alpha value is -3.04. The summed E-state index contributed by atoms with van der Waals surface area (Å²) in [7, 11) is 0. The van der Waals surface area contributed by atoms with Crippen LogP contribution < -0.4 is 10.2 Å². The third-order valence-corrected chi connectivity index (χ3v) is 6.04. The Morgan fingerprint density at radius 3 is 2.50 bits per heavy atom. The smallest absolute Gasteiger partial charge is 0.246 e. The van der Waals surface area contributed by atoms with Crippen LogP contribution in [0.25, 0.3) is 5.69 Å². The van der Waals surface area contributed by atoms with Gasteiger partial charge in [0.1, 0.15) is 18.0 Å². The van der Waals surface area contributed by atoms with E-state index in [2.05, 4.69) is 50.3 Å². The van der Waals surface area contributed by atoms with Gasteiger partial charge in [0.05, 0.1) is 18.9 Å². The summed E-state index contributed by atoms with van der Waals surface area (Å²) >= 11 is 0. The molecule has 0 amide bonds. The van der Waals surface area contributed by atoms with Crippen LogP contribution in [0.1, 0.15) is 13.9 Å². The van der Waals surface area contributed by atoms with Gasteiger partial charge < -0.3 is 15.0 Å². The Kier molecular flexibility index (Phi) is 5.75. The Morgan fingerprint density at radius 1 is 1.03 bits per heavy atom. The molecule has 0 unspecified atom stereocenters. The molecule has 1 aromatic heterocycles. The van der Waals surface area contributed by atoms with Crippen molar-refractivity contribution >= 4 is 17.3 Å². The summed E-state index contributed by atoms with van der Waals surface area (Å²) in [5.41, 5.74) is 3.55. The third kappa shape index (κ3) is 4.44. The lowest BCUT2D eigenvalue weighted by Crippen LogP contribution is -2.61. The molecule has 0 atom stereocenters. The zero-order valence-electron chi connectivity index (χ0n) is 18.0. The standard InChI is InChI=1S/C23H26F2N6O.H2/c1-2-16-7-19(12-20(8-16)30-13-22(14-30)29-3-5-32-6-4-29)27-23-26-15-31(28-23)21-10-17(24)9-18(25)11-21;/h7-12,15,22H,2-6,13-14H2,1H3,(H,27,28);1H. The van der Waals surface area contributed by atoms with Crippen LogP contribution in [0.5, 0.6) is 0 Å². The molecule has 170 valence electrons. The number of benzene rings is 2. The summed E-state index contributed by atoms with van der Waals surface area (Å²) in [5, 5.41) is 7.56. The number of rotatable bonds is 6. The van der Waals surface area contributed by atoms with Crippen LogP contribution in [-0.4, -0.2) is 65.1 Å². The minimum Gasteiger partial charge on any atom is -0.379 e. The molecule has 2 aromatic carbocycles. The van der Waals surface area contributed by atoms with E-state index in [1.54, 1.807) is 0 Å². The molecular formula is C23H28F2N6O. The first kappa shape index (κ1) is 20.8. The lowest BCUT2D eigenvalue weighted by atomic mass is 10.0. The summed E-state index contributed by atoms with van der Waals surface area (Å²) in [5.74, 6) is -0.950. The van der Waals surface area contributed by atoms with Gasteiger partial charge >= 0.3 is 0 Å². The molecule has 0 saturated carbocycles. The molecular weight excluding hydrogens is 414 g/mol. The molecule has 2 aliphatic rings. The van der Waals surface area contributed by atoms with Gasteiger partial charge in [-0.1, -0.05) is 6.92 Å². The van der Waals surface area contributed by atoms with E-state index in [9.17, 15) is 8.78 Å². The second kappa shape index (κ2) is 8.84. The van der Waals surface area contributed by atoms with Crippen molar-refractivity contribution in [1.29, 1.82) is 0 Å². The van der Waals surface area contributed by atoms with Crippen LogP contribution in [0.15, 0.2) is 42.7 Å². The van der Waals surface area contributed by atoms with Gasteiger partial charge in [-0.05, 0) is 42.3 Å². The molecule has 0 spiro atoms. The minimum atomic E-state index is -0.657. The Bertz CT molecular complexity index is 1080. The number of hydrogen-bond acceptors (Lipinski definition) is 6. The molecule has 0 aliphatic carbocycles. The van der Waals surface area contributed by atoms with Crippen molar-refractivity contribution in [2.45, 2.75) is 19.4 Å². The maximum absolute atomic E-state index is 13.5. The van der Waals surface area contributed by atoms with Crippen LogP contribution in [0, 0.1) is 11.6 Å². The first-order valence-corrected chi connectivity index (χ1v) is 10.9. The summed E-state index contributed by atoms with van der Waals surface area (Å²) in [6.45, 7) is 7.78. The summed E-state index contributed by atoms with van der Waals surface area (Å²) in [4.78, 5) is 9.14. The number of nitrogens with one attached hydrogen (secondary N) is 1. The van der Waals surface area contributed by atoms with Crippen molar-refractivity contribution in [1.82, 2.24) is 19.7 Å². The lowest BCUT2D eigenvalue weighted by molar-refractivity contribution is 0.0105. The van der Waals surface area contributed by atoms with Crippen molar-refractivity contribution in [2.75, 3.05) is 49.6 Å². The van der Waals surface area contributed by atoms with Crippen molar-refractivity contribution < 1.29 is 14.9 Å². The van der Waals surface area contributed by atoms with Crippen molar-refractivity contribution in [3.05, 3.63) is 59.9 Å². The van der Waals surface area contributed by atoms with Gasteiger partial charge in [-0.3, -0.25) is 4.90 Å². The Morgan fingerprint density at radius 2 is 1.78 bits per heavy atom. The SMILES string of the molecule is CCc1cc(Nc2ncn(-c3cc(F)cc(F)c3)n2)cc(N2CC(N3CCOCC3)C2)c1.[HH]. The van der Waals surface area contributed by atoms with E-state index in [1.165, 1.54) is 34.4 Å². The second-order valence-electron chi connectivity index (χ2n) is 8.21. The van der Waals surface area contributed by atoms with E-state index >= 15 is 0 Å². The van der Waals surface area contributed by atoms with Crippen LogP contribution >= 0.6 is 0 Å². The fourth-order valence-electron chi connectivity index (χ4n) is 4.22. The van der Waals surface area contributed by atoms with Gasteiger partial charge in [-0.15, -0.1) is 5.10 Å². The van der Waals surface area contributed by atoms with Crippen LogP contribution in [0.2, 0.25) is 0 Å². The minimum absolute atomic E-state index is 0. The third-order valence-electron chi connectivity index (χ3n) is 6.04. The highest BCUT2D eigenvalue weighted by atomic mass is 19.1. The number of halogens is 2. The first-order chi connectivity index (χ1) is 15.6. The van der Waals surface area contributed by atoms with E-state index in [1.807, 2.05) is 0 Å². The molecule has 2 saturated heterocycles. The maximum Gasteiger partial charge on any atom is 0.246 e. The van der Waals surface area contributed by atoms with Gasteiger partial charge in [-0.2, -0.15) is 4.98 Å². The topological polar surface area (TPSA) is 58.5 Å². The van der Waals surface area contributed by atoms with E-state index in [4.69, 9.17) is 4.74 Å². The van der Waals surface area contributed by atoms with Gasteiger partial charge in [0.15, 0.2) is 0 Å². The van der Waals surface area contributed by atoms with Crippen LogP contribution in [0.3, 0.4) is 0 Å². The van der Waals surface area contributed by atoms with Crippen LogP contribution in [0.4, 0.5) is 26.1 Å². The molecule has 0 bridgehead atoms. The normalized spacial score (nSPS) is 17.4. The fourth-order valence-corrected chi connectivity index (χ4v) is 4.22. The summed E-state index contributed by atoms with van der Waals surface area (Å²) < 4.78 is 33.9. The average Bonchev–Trinajstić information content (AvgIpc) is 3.21. The van der Waals surface area contributed by atoms with Crippen molar-refractivity contribution in [3.63, 3.8) is 0 Å². The first-order valence-electron chi connectivity index (χ1n) is 10.9. The van der Waals surface area contributed by atoms with Crippen LogP contribution in [-0.2, 0) is 11.2 Å². The zero-order valence-corrected chi connectivity index (χ0v) is 18.0. The molecule has 1 N–H and O–H groups in total. The number of anilines is 3. The number of aryl methyl sites for hydroxylation is 1. The van der Waals surface area contributed by atoms with Gasteiger partial charge in [0.25, 0.3) is 0 Å². The van der Waals surface area contributed by atoms with Gasteiger partial charge in [-0.25, -0.2) is 13.5 Å². The molecule has 3 aromatic rings. The number of ether oxygens (including phenoxy) is 1. The number of morpholine rings is 1. The second-order valence-corrected chi connectivity index (χ2v) is 8.21. The van der Waals surface area contributed by atoms with E-state index in [0.29, 0.717) is 12.0 Å². The molecule has 9 heteroatoms. The highest BCUT2D eigenvalue weighted by Gasteiger charge is 2.32. The Labute approximate surface area is 187 Å². The quantitative estimate of drug-likeness (QED) is 0.629. The van der Waals surface area contributed by atoms with E-state index in [-0.39, 0.29) is 7.11 Å². The molecule has 7 nitrogen and oxygen atoms in total. The highest BCUT2D eigenvalue weighted by Crippen LogP contribution is 2.29. The molecule has 32 heavy (non-hydrogen) atoms. The largest absolute Gasteiger partial charge is 0.379 e. The van der Waals surface area contributed by atoms with Crippen molar-refractivity contribution in [3.8, 4) is 5.69 Å². The Balaban J connectivity index is 0.00000259. The molecule has 5 rings (SSSR count). The van der Waals surface area contributed by atoms with E-state index < -0.39 is 11.6 Å². The van der Waals surface area contributed by atoms with Gasteiger partial charge in [0.2, 0.25) is 5.95 Å². The highest BCUT2D eigenvalue weighted by molar-refractivity contribution is 5.65. The number of nitrogens with zero attached hydrogens (tertiary/aromatic N) is 5. The average molecular weight is 443 g/mol. The number of hydrogen-bond donors (Lipinski definition) is 1. The van der Waals surface area contributed by atoms with Crippen molar-refractivity contribution in [2.24, 2.45) is 0 Å². The molecule has 2 aliphatic heterocycles. The predicted octanol–water partition coefficient (Wildman–Crippen LogP) is 3.62. The zero-order chi connectivity index (χ0) is 22.1.